The third-order valence-electron chi connectivity index (χ3n) is 3.33. The van der Waals surface area contributed by atoms with Crippen LogP contribution in [0.3, 0.4) is 0 Å². The molecular formula is C14H23N3O2. The molecule has 0 amide bonds. The Hall–Kier alpha value is -1.36. The van der Waals surface area contributed by atoms with Gasteiger partial charge in [0.15, 0.2) is 0 Å². The monoisotopic (exact) mass is 265 g/mol. The first-order valence-corrected chi connectivity index (χ1v) is 7.12. The number of nitrogens with zero attached hydrogens (tertiary/aromatic N) is 2. The molecule has 5 heteroatoms. The second-order valence-corrected chi connectivity index (χ2v) is 5.12. The second kappa shape index (κ2) is 6.70. The number of rotatable bonds is 5. The minimum Gasteiger partial charge on any atom is -0.478 e. The molecule has 19 heavy (non-hydrogen) atoms. The van der Waals surface area contributed by atoms with E-state index < -0.39 is 0 Å². The van der Waals surface area contributed by atoms with Crippen molar-refractivity contribution in [3.63, 3.8) is 0 Å². The largest absolute Gasteiger partial charge is 0.478 e. The maximum absolute atomic E-state index is 9.96. The summed E-state index contributed by atoms with van der Waals surface area (Å²) in [5.41, 5.74) is 0.869. The maximum atomic E-state index is 9.96. The van der Waals surface area contributed by atoms with Gasteiger partial charge in [0.1, 0.15) is 0 Å². The number of aryl methyl sites for hydroxylation is 1. The van der Waals surface area contributed by atoms with Gasteiger partial charge in [-0.25, -0.2) is 4.98 Å². The van der Waals surface area contributed by atoms with Gasteiger partial charge in [0.2, 0.25) is 11.8 Å². The van der Waals surface area contributed by atoms with E-state index in [-0.39, 0.29) is 12.1 Å². The number of anilines is 1. The SMILES string of the molecule is CCCOc1cc(C)nc(NC2CCCCC2O)n1. The molecule has 1 heterocycles. The highest BCUT2D eigenvalue weighted by molar-refractivity contribution is 5.32. The minimum absolute atomic E-state index is 0.0505. The highest BCUT2D eigenvalue weighted by Crippen LogP contribution is 2.22. The third-order valence-corrected chi connectivity index (χ3v) is 3.33. The van der Waals surface area contributed by atoms with Crippen molar-refractivity contribution in [2.75, 3.05) is 11.9 Å². The van der Waals surface area contributed by atoms with E-state index in [2.05, 4.69) is 22.2 Å². The van der Waals surface area contributed by atoms with Crippen LogP contribution in [0.15, 0.2) is 6.07 Å². The van der Waals surface area contributed by atoms with Crippen LogP contribution in [0.25, 0.3) is 0 Å². The topological polar surface area (TPSA) is 67.3 Å². The number of aliphatic hydroxyl groups is 1. The van der Waals surface area contributed by atoms with Crippen molar-refractivity contribution in [1.29, 1.82) is 0 Å². The number of nitrogens with one attached hydrogen (secondary N) is 1. The summed E-state index contributed by atoms with van der Waals surface area (Å²) < 4.78 is 5.54. The van der Waals surface area contributed by atoms with Gasteiger partial charge in [-0.1, -0.05) is 19.8 Å². The van der Waals surface area contributed by atoms with Gasteiger partial charge in [0.25, 0.3) is 0 Å². The lowest BCUT2D eigenvalue weighted by Crippen LogP contribution is -2.36. The lowest BCUT2D eigenvalue weighted by atomic mass is 9.93. The maximum Gasteiger partial charge on any atom is 0.226 e. The van der Waals surface area contributed by atoms with Crippen LogP contribution in [0, 0.1) is 6.92 Å². The number of ether oxygens (including phenoxy) is 1. The highest BCUT2D eigenvalue weighted by atomic mass is 16.5. The van der Waals surface area contributed by atoms with E-state index in [4.69, 9.17) is 4.74 Å². The van der Waals surface area contributed by atoms with Crippen LogP contribution < -0.4 is 10.1 Å². The second-order valence-electron chi connectivity index (χ2n) is 5.12. The fourth-order valence-electron chi connectivity index (χ4n) is 2.33. The van der Waals surface area contributed by atoms with Crippen molar-refractivity contribution in [2.24, 2.45) is 0 Å². The first-order valence-electron chi connectivity index (χ1n) is 7.12. The summed E-state index contributed by atoms with van der Waals surface area (Å²) in [5, 5.41) is 13.2. The molecule has 1 aliphatic rings. The molecule has 106 valence electrons. The fourth-order valence-corrected chi connectivity index (χ4v) is 2.33. The molecule has 0 aromatic carbocycles. The zero-order chi connectivity index (χ0) is 13.7. The van der Waals surface area contributed by atoms with Crippen LogP contribution in [-0.2, 0) is 0 Å². The van der Waals surface area contributed by atoms with E-state index in [0.717, 1.165) is 37.8 Å². The summed E-state index contributed by atoms with van der Waals surface area (Å²) in [6.07, 6.45) is 4.69. The predicted octanol–water partition coefficient (Wildman–Crippen LogP) is 2.29. The Balaban J connectivity index is 2.04. The predicted molar refractivity (Wildman–Crippen MR) is 74.4 cm³/mol. The molecular weight excluding hydrogens is 242 g/mol. The molecule has 5 nitrogen and oxygen atoms in total. The van der Waals surface area contributed by atoms with Crippen LogP contribution in [0.2, 0.25) is 0 Å². The Morgan fingerprint density at radius 3 is 2.89 bits per heavy atom. The number of hydrogen-bond acceptors (Lipinski definition) is 5. The van der Waals surface area contributed by atoms with Gasteiger partial charge >= 0.3 is 0 Å². The Morgan fingerprint density at radius 2 is 2.16 bits per heavy atom. The average molecular weight is 265 g/mol. The minimum atomic E-state index is -0.308. The lowest BCUT2D eigenvalue weighted by molar-refractivity contribution is 0.116. The number of aromatic nitrogens is 2. The van der Waals surface area contributed by atoms with Crippen LogP contribution in [-0.4, -0.2) is 33.8 Å². The van der Waals surface area contributed by atoms with E-state index in [1.165, 1.54) is 0 Å². The quantitative estimate of drug-likeness (QED) is 0.855. The number of aliphatic hydroxyl groups excluding tert-OH is 1. The van der Waals surface area contributed by atoms with E-state index in [1.807, 2.05) is 13.0 Å². The Bertz CT molecular complexity index is 412. The molecule has 2 atom stereocenters. The molecule has 1 aliphatic carbocycles. The molecule has 1 fully saturated rings. The van der Waals surface area contributed by atoms with Gasteiger partial charge in [-0.2, -0.15) is 4.98 Å². The first kappa shape index (κ1) is 14.1. The van der Waals surface area contributed by atoms with Crippen LogP contribution >= 0.6 is 0 Å². The van der Waals surface area contributed by atoms with E-state index in [0.29, 0.717) is 18.4 Å². The van der Waals surface area contributed by atoms with Crippen LogP contribution in [0.5, 0.6) is 5.88 Å². The van der Waals surface area contributed by atoms with E-state index >= 15 is 0 Å². The van der Waals surface area contributed by atoms with Gasteiger partial charge in [-0.05, 0) is 26.2 Å². The standard InChI is InChI=1S/C14H23N3O2/c1-3-8-19-13-9-10(2)15-14(17-13)16-11-6-4-5-7-12(11)18/h9,11-12,18H,3-8H2,1-2H3,(H,15,16,17). The molecule has 2 unspecified atom stereocenters. The van der Waals surface area contributed by atoms with E-state index in [1.54, 1.807) is 0 Å². The molecule has 0 radical (unpaired) electrons. The Kier molecular flexibility index (Phi) is 4.96. The summed E-state index contributed by atoms with van der Waals surface area (Å²) in [7, 11) is 0. The Labute approximate surface area is 114 Å². The average Bonchev–Trinajstić information content (AvgIpc) is 2.38. The molecule has 0 saturated heterocycles. The lowest BCUT2D eigenvalue weighted by Gasteiger charge is -2.28. The summed E-state index contributed by atoms with van der Waals surface area (Å²) in [5.74, 6) is 1.15. The smallest absolute Gasteiger partial charge is 0.226 e. The van der Waals surface area contributed by atoms with Crippen molar-refractivity contribution in [1.82, 2.24) is 9.97 Å². The van der Waals surface area contributed by atoms with Crippen molar-refractivity contribution in [3.8, 4) is 5.88 Å². The molecule has 0 spiro atoms. The normalized spacial score (nSPS) is 23.1. The molecule has 1 saturated carbocycles. The van der Waals surface area contributed by atoms with E-state index in [9.17, 15) is 5.11 Å². The van der Waals surface area contributed by atoms with Gasteiger partial charge < -0.3 is 15.2 Å². The molecule has 2 N–H and O–H groups in total. The van der Waals surface area contributed by atoms with Crippen molar-refractivity contribution < 1.29 is 9.84 Å². The third kappa shape index (κ3) is 4.06. The van der Waals surface area contributed by atoms with Crippen molar-refractivity contribution in [2.45, 2.75) is 58.1 Å². The van der Waals surface area contributed by atoms with Crippen LogP contribution in [0.1, 0.15) is 44.7 Å². The Morgan fingerprint density at radius 1 is 1.37 bits per heavy atom. The molecule has 2 rings (SSSR count). The summed E-state index contributed by atoms with van der Waals surface area (Å²) in [6, 6.07) is 1.88. The number of hydrogen-bond donors (Lipinski definition) is 2. The summed E-state index contributed by atoms with van der Waals surface area (Å²) >= 11 is 0. The summed E-state index contributed by atoms with van der Waals surface area (Å²) in [4.78, 5) is 8.70. The van der Waals surface area contributed by atoms with Gasteiger partial charge in [-0.15, -0.1) is 0 Å². The molecule has 1 aromatic heterocycles. The van der Waals surface area contributed by atoms with Gasteiger partial charge in [-0.3, -0.25) is 0 Å². The van der Waals surface area contributed by atoms with Gasteiger partial charge in [0.05, 0.1) is 18.8 Å². The molecule has 0 bridgehead atoms. The van der Waals surface area contributed by atoms with Crippen molar-refractivity contribution >= 4 is 5.95 Å². The fraction of sp³-hybridized carbons (Fsp3) is 0.714. The molecule has 1 aromatic rings. The highest BCUT2D eigenvalue weighted by Gasteiger charge is 2.23. The first-order chi connectivity index (χ1) is 9.19. The zero-order valence-electron chi connectivity index (χ0n) is 11.7. The van der Waals surface area contributed by atoms with Crippen LogP contribution in [0.4, 0.5) is 5.95 Å². The summed E-state index contributed by atoms with van der Waals surface area (Å²) in [6.45, 7) is 4.64. The zero-order valence-corrected chi connectivity index (χ0v) is 11.7. The molecule has 0 aliphatic heterocycles. The van der Waals surface area contributed by atoms with Gasteiger partial charge in [0, 0.05) is 11.8 Å². The van der Waals surface area contributed by atoms with Crippen molar-refractivity contribution in [3.05, 3.63) is 11.8 Å².